The van der Waals surface area contributed by atoms with E-state index in [2.05, 4.69) is 0 Å². The van der Waals surface area contributed by atoms with Crippen LogP contribution in [0.25, 0.3) is 0 Å². The van der Waals surface area contributed by atoms with Gasteiger partial charge < -0.3 is 14.8 Å². The molecule has 1 aromatic carbocycles. The average molecular weight is 289 g/mol. The van der Waals surface area contributed by atoms with Crippen LogP contribution < -0.4 is 5.46 Å². The molecule has 1 rings (SSSR count). The molecule has 0 unspecified atom stereocenters. The molecule has 1 aromatic rings. The van der Waals surface area contributed by atoms with E-state index in [4.69, 9.17) is 16.3 Å². The van der Waals surface area contributed by atoms with Crippen LogP contribution in [0.15, 0.2) is 12.1 Å². The molecule has 0 radical (unpaired) electrons. The lowest BCUT2D eigenvalue weighted by Gasteiger charge is -2.38. The smallest absolute Gasteiger partial charge is 0.423 e. The minimum Gasteiger partial charge on any atom is -0.423 e. The molecule has 0 spiro atoms. The van der Waals surface area contributed by atoms with Gasteiger partial charge in [-0.15, -0.1) is 0 Å². The van der Waals surface area contributed by atoms with E-state index in [1.165, 1.54) is 12.1 Å². The Morgan fingerprint density at radius 2 is 1.79 bits per heavy atom. The first-order valence-electron chi connectivity index (χ1n) is 5.99. The van der Waals surface area contributed by atoms with E-state index in [0.717, 1.165) is 0 Å². The van der Waals surface area contributed by atoms with Gasteiger partial charge in [0.25, 0.3) is 0 Å². The summed E-state index contributed by atoms with van der Waals surface area (Å²) in [6, 6.07) is 2.78. The van der Waals surface area contributed by atoms with Gasteiger partial charge in [0.2, 0.25) is 0 Å². The molecule has 0 fully saturated rings. The van der Waals surface area contributed by atoms with E-state index in [9.17, 15) is 14.5 Å². The molecule has 0 bridgehead atoms. The fraction of sp³-hybridized carbons (Fsp3) is 0.538. The second-order valence-electron chi connectivity index (χ2n) is 5.67. The zero-order valence-corrected chi connectivity index (χ0v) is 12.5. The molecule has 2 N–H and O–H groups in total. The average Bonchev–Trinajstić information content (AvgIpc) is 2.22. The summed E-state index contributed by atoms with van der Waals surface area (Å²) >= 11 is 5.73. The normalized spacial score (nSPS) is 12.7. The minimum atomic E-state index is -1.29. The van der Waals surface area contributed by atoms with Crippen LogP contribution in [0.3, 0.4) is 0 Å². The van der Waals surface area contributed by atoms with Crippen molar-refractivity contribution >= 4 is 24.2 Å². The number of halogens is 2. The molecule has 6 heteroatoms. The van der Waals surface area contributed by atoms with Crippen LogP contribution in [-0.2, 0) is 4.65 Å². The van der Waals surface area contributed by atoms with E-state index < -0.39 is 24.1 Å². The molecule has 0 saturated carbocycles. The molecule has 0 aliphatic carbocycles. The van der Waals surface area contributed by atoms with Gasteiger partial charge in [0, 0.05) is 0 Å². The van der Waals surface area contributed by atoms with Crippen molar-refractivity contribution in [2.45, 2.75) is 45.8 Å². The Labute approximate surface area is 118 Å². The van der Waals surface area contributed by atoms with Crippen molar-refractivity contribution in [1.29, 1.82) is 0 Å². The molecular weight excluding hydrogens is 269 g/mol. The quantitative estimate of drug-likeness (QED) is 0.834. The molecule has 0 amide bonds. The van der Waals surface area contributed by atoms with Crippen molar-refractivity contribution in [3.63, 3.8) is 0 Å². The van der Waals surface area contributed by atoms with Gasteiger partial charge in [-0.05, 0) is 51.7 Å². The van der Waals surface area contributed by atoms with Crippen molar-refractivity contribution in [3.8, 4) is 0 Å². The van der Waals surface area contributed by atoms with Crippen molar-refractivity contribution in [2.75, 3.05) is 0 Å². The molecule has 0 atom stereocenters. The van der Waals surface area contributed by atoms with Crippen LogP contribution in [-0.4, -0.2) is 28.5 Å². The molecule has 0 saturated heterocycles. The molecule has 0 heterocycles. The number of hydrogen-bond donors (Lipinski definition) is 2. The third kappa shape index (κ3) is 3.69. The first-order chi connectivity index (χ1) is 8.45. The molecule has 106 valence electrons. The lowest BCUT2D eigenvalue weighted by molar-refractivity contribution is -0.0982. The molecule has 0 aliphatic heterocycles. The highest BCUT2D eigenvalue weighted by Crippen LogP contribution is 2.25. The number of aliphatic hydroxyl groups is 1. The second-order valence-corrected chi connectivity index (χ2v) is 6.08. The van der Waals surface area contributed by atoms with Crippen LogP contribution in [0.5, 0.6) is 0 Å². The SMILES string of the molecule is Cc1cc(B(O)OC(C)(C)C(C)(C)O)cc(Cl)c1F. The van der Waals surface area contributed by atoms with Gasteiger partial charge in [-0.3, -0.25) is 0 Å². The van der Waals surface area contributed by atoms with E-state index >= 15 is 0 Å². The summed E-state index contributed by atoms with van der Waals surface area (Å²) in [6.07, 6.45) is 0. The molecule has 3 nitrogen and oxygen atoms in total. The third-order valence-corrected chi connectivity index (χ3v) is 3.67. The van der Waals surface area contributed by atoms with E-state index in [1.807, 2.05) is 0 Å². The van der Waals surface area contributed by atoms with Crippen LogP contribution in [0.1, 0.15) is 33.3 Å². The predicted octanol–water partition coefficient (Wildman–Crippen LogP) is 2.04. The maximum atomic E-state index is 13.4. The minimum absolute atomic E-state index is 0.0706. The second kappa shape index (κ2) is 5.41. The molecule has 19 heavy (non-hydrogen) atoms. The zero-order chi connectivity index (χ0) is 15.0. The van der Waals surface area contributed by atoms with Gasteiger partial charge in [0.15, 0.2) is 0 Å². The Kier molecular flexibility index (Phi) is 4.68. The van der Waals surface area contributed by atoms with E-state index in [0.29, 0.717) is 11.0 Å². The van der Waals surface area contributed by atoms with E-state index in [-0.39, 0.29) is 5.02 Å². The van der Waals surface area contributed by atoms with Crippen LogP contribution in [0, 0.1) is 12.7 Å². The highest BCUT2D eigenvalue weighted by molar-refractivity contribution is 6.60. The highest BCUT2D eigenvalue weighted by Gasteiger charge is 2.39. The largest absolute Gasteiger partial charge is 0.491 e. The molecular formula is C13H19BClFO3. The van der Waals surface area contributed by atoms with Gasteiger partial charge in [-0.25, -0.2) is 4.39 Å². The van der Waals surface area contributed by atoms with Gasteiger partial charge in [-0.1, -0.05) is 17.7 Å². The summed E-state index contributed by atoms with van der Waals surface area (Å²) < 4.78 is 18.9. The Morgan fingerprint density at radius 1 is 1.26 bits per heavy atom. The van der Waals surface area contributed by atoms with Crippen molar-refractivity contribution in [3.05, 3.63) is 28.5 Å². The van der Waals surface area contributed by atoms with Crippen molar-refractivity contribution < 1.29 is 19.2 Å². The Balaban J connectivity index is 3.00. The van der Waals surface area contributed by atoms with Crippen molar-refractivity contribution in [2.24, 2.45) is 0 Å². The fourth-order valence-corrected chi connectivity index (χ4v) is 1.66. The topological polar surface area (TPSA) is 49.7 Å². The van der Waals surface area contributed by atoms with E-state index in [1.54, 1.807) is 34.6 Å². The predicted molar refractivity (Wildman–Crippen MR) is 75.2 cm³/mol. The van der Waals surface area contributed by atoms with Crippen molar-refractivity contribution in [1.82, 2.24) is 0 Å². The Hall–Kier alpha value is -0.615. The maximum absolute atomic E-state index is 13.4. The monoisotopic (exact) mass is 288 g/mol. The van der Waals surface area contributed by atoms with Gasteiger partial charge in [0.05, 0.1) is 16.2 Å². The fourth-order valence-electron chi connectivity index (χ4n) is 1.39. The number of hydrogen-bond acceptors (Lipinski definition) is 3. The van der Waals surface area contributed by atoms with Gasteiger partial charge in [-0.2, -0.15) is 0 Å². The van der Waals surface area contributed by atoms with Crippen LogP contribution in [0.4, 0.5) is 4.39 Å². The Bertz CT molecular complexity index is 448. The lowest BCUT2D eigenvalue weighted by Crippen LogP contribution is -2.53. The summed E-state index contributed by atoms with van der Waals surface area (Å²) in [4.78, 5) is 0. The molecule has 0 aromatic heterocycles. The maximum Gasteiger partial charge on any atom is 0.491 e. The van der Waals surface area contributed by atoms with Gasteiger partial charge >= 0.3 is 7.12 Å². The third-order valence-electron chi connectivity index (χ3n) is 3.40. The highest BCUT2D eigenvalue weighted by atomic mass is 35.5. The van der Waals surface area contributed by atoms with Gasteiger partial charge in [0.1, 0.15) is 5.82 Å². The summed E-state index contributed by atoms with van der Waals surface area (Å²) in [6.45, 7) is 8.05. The number of benzene rings is 1. The summed E-state index contributed by atoms with van der Waals surface area (Å²) in [7, 11) is -1.29. The summed E-state index contributed by atoms with van der Waals surface area (Å²) in [5.41, 5.74) is -1.46. The zero-order valence-electron chi connectivity index (χ0n) is 11.8. The first-order valence-corrected chi connectivity index (χ1v) is 6.37. The van der Waals surface area contributed by atoms with Crippen LogP contribution in [0.2, 0.25) is 5.02 Å². The summed E-state index contributed by atoms with van der Waals surface area (Å²) in [5, 5.41) is 19.9. The first kappa shape index (κ1) is 16.4. The number of rotatable bonds is 4. The summed E-state index contributed by atoms with van der Waals surface area (Å²) in [5.74, 6) is -0.514. The lowest BCUT2D eigenvalue weighted by atomic mass is 9.76. The standard InChI is InChI=1S/C13H19BClFO3/c1-8-6-9(7-10(15)11(8)16)14(18)19-13(4,5)12(2,3)17/h6-7,17-18H,1-5H3. The van der Waals surface area contributed by atoms with Crippen LogP contribution >= 0.6 is 11.6 Å². The molecule has 0 aliphatic rings. The number of aryl methyl sites for hydroxylation is 1. The Morgan fingerprint density at radius 3 is 2.21 bits per heavy atom.